The van der Waals surface area contributed by atoms with Gasteiger partial charge in [-0.15, -0.1) is 0 Å². The van der Waals surface area contributed by atoms with E-state index in [2.05, 4.69) is 6.92 Å². The number of hydrogen-bond donors (Lipinski definition) is 0. The van der Waals surface area contributed by atoms with Crippen LogP contribution in [0.5, 0.6) is 0 Å². The van der Waals surface area contributed by atoms with E-state index in [1.54, 1.807) is 4.90 Å². The van der Waals surface area contributed by atoms with Crippen LogP contribution in [0.15, 0.2) is 24.3 Å². The second-order valence-corrected chi connectivity index (χ2v) is 7.11. The first-order valence-corrected chi connectivity index (χ1v) is 8.88. The van der Waals surface area contributed by atoms with Crippen LogP contribution in [0.3, 0.4) is 0 Å². The van der Waals surface area contributed by atoms with Crippen LogP contribution in [0, 0.1) is 17.7 Å². The summed E-state index contributed by atoms with van der Waals surface area (Å²) in [4.78, 5) is 29.0. The van der Waals surface area contributed by atoms with Crippen LogP contribution < -0.4 is 0 Å². The maximum absolute atomic E-state index is 13.0. The first kappa shape index (κ1) is 16.9. The van der Waals surface area contributed by atoms with Crippen LogP contribution in [0.2, 0.25) is 0 Å². The maximum Gasteiger partial charge on any atom is 0.253 e. The van der Waals surface area contributed by atoms with Gasteiger partial charge in [0, 0.05) is 31.7 Å². The van der Waals surface area contributed by atoms with Gasteiger partial charge in [0.05, 0.1) is 5.92 Å². The number of nitrogens with zero attached hydrogens (tertiary/aromatic N) is 2. The summed E-state index contributed by atoms with van der Waals surface area (Å²) in [5, 5.41) is 0. The van der Waals surface area contributed by atoms with Gasteiger partial charge in [0.2, 0.25) is 5.91 Å². The largest absolute Gasteiger partial charge is 0.342 e. The number of carbonyl (C=O) groups is 2. The molecule has 0 radical (unpaired) electrons. The Bertz CT molecular complexity index is 594. The molecule has 0 N–H and O–H groups in total. The fourth-order valence-corrected chi connectivity index (χ4v) is 3.63. The number of carbonyl (C=O) groups excluding carboxylic acids is 2. The highest BCUT2D eigenvalue weighted by atomic mass is 19.1. The Morgan fingerprint density at radius 1 is 1.00 bits per heavy atom. The summed E-state index contributed by atoms with van der Waals surface area (Å²) in [7, 11) is 0. The number of likely N-dealkylation sites (tertiary alicyclic amines) is 2. The van der Waals surface area contributed by atoms with E-state index in [0.29, 0.717) is 24.6 Å². The number of rotatable bonds is 2. The van der Waals surface area contributed by atoms with Crippen LogP contribution in [-0.4, -0.2) is 47.8 Å². The van der Waals surface area contributed by atoms with Crippen LogP contribution in [0.25, 0.3) is 0 Å². The van der Waals surface area contributed by atoms with Gasteiger partial charge in [-0.2, -0.15) is 0 Å². The molecule has 0 saturated carbocycles. The van der Waals surface area contributed by atoms with E-state index in [9.17, 15) is 14.0 Å². The summed E-state index contributed by atoms with van der Waals surface area (Å²) in [6.45, 7) is 5.04. The number of piperidine rings is 2. The normalized spacial score (nSPS) is 22.5. The highest BCUT2D eigenvalue weighted by molar-refractivity contribution is 5.94. The maximum atomic E-state index is 13.0. The third-order valence-electron chi connectivity index (χ3n) is 5.24. The third kappa shape index (κ3) is 3.77. The van der Waals surface area contributed by atoms with E-state index in [1.807, 2.05) is 4.90 Å². The molecule has 2 aliphatic rings. The predicted octanol–water partition coefficient (Wildman–Crippen LogP) is 2.94. The molecule has 1 aromatic carbocycles. The average Bonchev–Trinajstić information content (AvgIpc) is 2.62. The highest BCUT2D eigenvalue weighted by Crippen LogP contribution is 2.24. The third-order valence-corrected chi connectivity index (χ3v) is 5.24. The number of hydrogen-bond acceptors (Lipinski definition) is 2. The van der Waals surface area contributed by atoms with Crippen molar-refractivity contribution in [3.63, 3.8) is 0 Å². The van der Waals surface area contributed by atoms with Crippen molar-refractivity contribution in [2.24, 2.45) is 11.8 Å². The molecule has 130 valence electrons. The summed E-state index contributed by atoms with van der Waals surface area (Å²) in [5.41, 5.74) is 0.483. The van der Waals surface area contributed by atoms with Crippen LogP contribution in [0.4, 0.5) is 4.39 Å². The van der Waals surface area contributed by atoms with Gasteiger partial charge in [-0.1, -0.05) is 6.92 Å². The van der Waals surface area contributed by atoms with E-state index in [1.165, 1.54) is 24.3 Å². The second kappa shape index (κ2) is 7.32. The summed E-state index contributed by atoms with van der Waals surface area (Å²) in [6, 6.07) is 5.62. The second-order valence-electron chi connectivity index (χ2n) is 7.11. The van der Waals surface area contributed by atoms with Gasteiger partial charge in [-0.3, -0.25) is 9.59 Å². The van der Waals surface area contributed by atoms with Gasteiger partial charge in [0.15, 0.2) is 0 Å². The van der Waals surface area contributed by atoms with Gasteiger partial charge in [-0.05, 0) is 55.9 Å². The van der Waals surface area contributed by atoms with Gasteiger partial charge >= 0.3 is 0 Å². The topological polar surface area (TPSA) is 40.6 Å². The molecule has 5 heteroatoms. The summed E-state index contributed by atoms with van der Waals surface area (Å²) in [5.74, 6) is 0.323. The molecule has 4 nitrogen and oxygen atoms in total. The van der Waals surface area contributed by atoms with Crippen molar-refractivity contribution in [1.29, 1.82) is 0 Å². The van der Waals surface area contributed by atoms with Gasteiger partial charge < -0.3 is 9.80 Å². The lowest BCUT2D eigenvalue weighted by atomic mass is 9.93. The fourth-order valence-electron chi connectivity index (χ4n) is 3.63. The molecule has 24 heavy (non-hydrogen) atoms. The Labute approximate surface area is 142 Å². The SMILES string of the molecule is CC1CCN(C(=O)[C@H]2CCCN(C(=O)c3ccc(F)cc3)C2)CC1. The lowest BCUT2D eigenvalue weighted by Crippen LogP contribution is -2.48. The molecule has 2 saturated heterocycles. The Morgan fingerprint density at radius 2 is 1.67 bits per heavy atom. The summed E-state index contributed by atoms with van der Waals surface area (Å²) in [6.07, 6.45) is 3.82. The molecular formula is C19H25FN2O2. The van der Waals surface area contributed by atoms with Crippen molar-refractivity contribution >= 4 is 11.8 Å². The smallest absolute Gasteiger partial charge is 0.253 e. The zero-order chi connectivity index (χ0) is 17.1. The molecule has 0 unspecified atom stereocenters. The molecule has 3 rings (SSSR count). The van der Waals surface area contributed by atoms with E-state index in [4.69, 9.17) is 0 Å². The van der Waals surface area contributed by atoms with E-state index < -0.39 is 0 Å². The summed E-state index contributed by atoms with van der Waals surface area (Å²) >= 11 is 0. The lowest BCUT2D eigenvalue weighted by molar-refractivity contribution is -0.138. The lowest BCUT2D eigenvalue weighted by Gasteiger charge is -2.37. The minimum absolute atomic E-state index is 0.100. The van der Waals surface area contributed by atoms with Crippen LogP contribution in [0.1, 0.15) is 43.0 Å². The van der Waals surface area contributed by atoms with Gasteiger partial charge in [-0.25, -0.2) is 4.39 Å². The predicted molar refractivity (Wildman–Crippen MR) is 90.0 cm³/mol. The van der Waals surface area contributed by atoms with Gasteiger partial charge in [0.1, 0.15) is 5.82 Å². The number of halogens is 1. The van der Waals surface area contributed by atoms with Crippen molar-refractivity contribution in [2.75, 3.05) is 26.2 Å². The standard InChI is InChI=1S/C19H25FN2O2/c1-14-8-11-21(12-9-14)19(24)16-3-2-10-22(13-16)18(23)15-4-6-17(20)7-5-15/h4-7,14,16H,2-3,8-13H2,1H3/t16-/m0/s1. The molecule has 2 aliphatic heterocycles. The number of benzene rings is 1. The van der Waals surface area contributed by atoms with Gasteiger partial charge in [0.25, 0.3) is 5.91 Å². The summed E-state index contributed by atoms with van der Waals surface area (Å²) < 4.78 is 13.0. The Balaban J connectivity index is 1.62. The first-order chi connectivity index (χ1) is 11.5. The number of amides is 2. The average molecular weight is 332 g/mol. The van der Waals surface area contributed by atoms with Crippen molar-refractivity contribution in [2.45, 2.75) is 32.6 Å². The zero-order valence-corrected chi connectivity index (χ0v) is 14.2. The molecule has 0 aliphatic carbocycles. The highest BCUT2D eigenvalue weighted by Gasteiger charge is 2.32. The molecule has 0 aromatic heterocycles. The Hall–Kier alpha value is -1.91. The Kier molecular flexibility index (Phi) is 5.17. The quantitative estimate of drug-likeness (QED) is 0.835. The molecule has 2 heterocycles. The Morgan fingerprint density at radius 3 is 2.33 bits per heavy atom. The molecule has 1 atom stereocenters. The van der Waals surface area contributed by atoms with Crippen molar-refractivity contribution in [3.8, 4) is 0 Å². The van der Waals surface area contributed by atoms with E-state index in [0.717, 1.165) is 38.8 Å². The molecule has 0 spiro atoms. The van der Waals surface area contributed by atoms with Crippen molar-refractivity contribution in [1.82, 2.24) is 9.80 Å². The molecule has 0 bridgehead atoms. The van der Waals surface area contributed by atoms with Crippen LogP contribution >= 0.6 is 0 Å². The van der Waals surface area contributed by atoms with E-state index >= 15 is 0 Å². The molecular weight excluding hydrogens is 307 g/mol. The minimum atomic E-state index is -0.349. The first-order valence-electron chi connectivity index (χ1n) is 8.88. The molecule has 2 fully saturated rings. The fraction of sp³-hybridized carbons (Fsp3) is 0.579. The zero-order valence-electron chi connectivity index (χ0n) is 14.2. The molecule has 2 amide bonds. The van der Waals surface area contributed by atoms with Crippen LogP contribution in [-0.2, 0) is 4.79 Å². The minimum Gasteiger partial charge on any atom is -0.342 e. The van der Waals surface area contributed by atoms with Crippen molar-refractivity contribution < 1.29 is 14.0 Å². The molecule has 1 aromatic rings. The monoisotopic (exact) mass is 332 g/mol. The van der Waals surface area contributed by atoms with Crippen molar-refractivity contribution in [3.05, 3.63) is 35.6 Å². The van der Waals surface area contributed by atoms with E-state index in [-0.39, 0.29) is 23.5 Å².